The van der Waals surface area contributed by atoms with Crippen molar-refractivity contribution in [3.63, 3.8) is 0 Å². The summed E-state index contributed by atoms with van der Waals surface area (Å²) in [6.07, 6.45) is 2.16. The van der Waals surface area contributed by atoms with E-state index in [1.807, 2.05) is 12.1 Å². The van der Waals surface area contributed by atoms with Crippen molar-refractivity contribution in [1.82, 2.24) is 4.57 Å². The molecule has 7 heteroatoms. The Labute approximate surface area is 157 Å². The minimum atomic E-state index is -3.76. The van der Waals surface area contributed by atoms with Crippen LogP contribution in [0.3, 0.4) is 0 Å². The van der Waals surface area contributed by atoms with Gasteiger partial charge in [0, 0.05) is 0 Å². The van der Waals surface area contributed by atoms with E-state index in [0.717, 1.165) is 5.69 Å². The number of anilines is 1. The second kappa shape index (κ2) is 6.48. The molecule has 0 aliphatic heterocycles. The molecule has 0 aliphatic carbocycles. The summed E-state index contributed by atoms with van der Waals surface area (Å²) in [7, 11) is -3.76. The van der Waals surface area contributed by atoms with Crippen molar-refractivity contribution in [2.24, 2.45) is 5.14 Å². The molecule has 125 valence electrons. The summed E-state index contributed by atoms with van der Waals surface area (Å²) in [6.45, 7) is 4.37. The van der Waals surface area contributed by atoms with Crippen LogP contribution in [0.15, 0.2) is 48.7 Å². The molecule has 0 saturated carbocycles. The summed E-state index contributed by atoms with van der Waals surface area (Å²) in [5.41, 5.74) is 3.89. The summed E-state index contributed by atoms with van der Waals surface area (Å²) in [5, 5.41) is 6.25. The Hall–Kier alpha value is -1.41. The standard InChI is InChI=1S/C17H18N3O2S.Po/c1-12(2)16-11-20(17-6-4-3-5-15(16)17)14-9-7-13(8-10-14)19-23(18,21)22;/h3,5-12,19H,1-2H3,(H2,18,21,22);. The molecule has 0 bridgehead atoms. The summed E-state index contributed by atoms with van der Waals surface area (Å²) in [6, 6.07) is 13.7. The first kappa shape index (κ1) is 17.4. The maximum atomic E-state index is 11.1. The second-order valence-electron chi connectivity index (χ2n) is 5.98. The molecule has 0 atom stereocenters. The molecule has 2 aromatic carbocycles. The Kier molecular flexibility index (Phi) is 4.70. The SMILES string of the molecule is CC(C)c1cn(-c2ccc(NS(N)(=O)=O)cc2)c2c[c]([Po])ccc12. The Morgan fingerprint density at radius 3 is 2.38 bits per heavy atom. The van der Waals surface area contributed by atoms with Crippen LogP contribution in [0, 0.1) is 0 Å². The summed E-state index contributed by atoms with van der Waals surface area (Å²) >= 11 is 1.43. The number of hydrogen-bond donors (Lipinski definition) is 2. The van der Waals surface area contributed by atoms with Gasteiger partial charge in [0.2, 0.25) is 0 Å². The molecule has 24 heavy (non-hydrogen) atoms. The molecule has 0 saturated heterocycles. The number of rotatable bonds is 4. The molecule has 5 nitrogen and oxygen atoms in total. The molecular formula is C17H18N3O2PoS. The average molecular weight is 537 g/mol. The molecule has 0 unspecified atom stereocenters. The number of nitrogens with one attached hydrogen (secondary N) is 1. The second-order valence-corrected chi connectivity index (χ2v) is 9.11. The third kappa shape index (κ3) is 3.64. The first-order valence-electron chi connectivity index (χ1n) is 7.47. The fourth-order valence-corrected chi connectivity index (χ4v) is 3.92. The summed E-state index contributed by atoms with van der Waals surface area (Å²) in [5.74, 6) is 0.423. The molecule has 1 radical (unpaired) electrons. The number of fused-ring (bicyclic) bond motifs is 1. The molecule has 0 spiro atoms. The van der Waals surface area contributed by atoms with E-state index in [1.165, 1.54) is 44.8 Å². The quantitative estimate of drug-likeness (QED) is 0.536. The number of aromatic nitrogens is 1. The molecule has 0 aliphatic rings. The van der Waals surface area contributed by atoms with Gasteiger partial charge in [-0.1, -0.05) is 0 Å². The van der Waals surface area contributed by atoms with E-state index in [9.17, 15) is 8.42 Å². The predicted molar refractivity (Wildman–Crippen MR) is 99.5 cm³/mol. The van der Waals surface area contributed by atoms with Crippen LogP contribution in [0.4, 0.5) is 5.69 Å². The molecule has 3 N–H and O–H groups in total. The van der Waals surface area contributed by atoms with Gasteiger partial charge in [-0.05, 0) is 0 Å². The van der Waals surface area contributed by atoms with Crippen LogP contribution in [0.25, 0.3) is 16.6 Å². The van der Waals surface area contributed by atoms with Crippen LogP contribution >= 0.6 is 0 Å². The van der Waals surface area contributed by atoms with Crippen LogP contribution in [0.5, 0.6) is 0 Å². The van der Waals surface area contributed by atoms with E-state index >= 15 is 0 Å². The van der Waals surface area contributed by atoms with Gasteiger partial charge in [0.1, 0.15) is 0 Å². The molecule has 1 heterocycles. The number of nitrogens with zero attached hydrogens (tertiary/aromatic N) is 1. The van der Waals surface area contributed by atoms with Gasteiger partial charge in [-0.2, -0.15) is 0 Å². The van der Waals surface area contributed by atoms with Crippen molar-refractivity contribution >= 4 is 55.1 Å². The van der Waals surface area contributed by atoms with Crippen LogP contribution in [-0.4, -0.2) is 38.1 Å². The maximum absolute atomic E-state index is 11.1. The van der Waals surface area contributed by atoms with Crippen molar-refractivity contribution in [2.45, 2.75) is 19.8 Å². The zero-order valence-electron chi connectivity index (χ0n) is 13.4. The van der Waals surface area contributed by atoms with Crippen molar-refractivity contribution in [2.75, 3.05) is 4.72 Å². The third-order valence-corrected chi connectivity index (χ3v) is 5.34. The van der Waals surface area contributed by atoms with Gasteiger partial charge in [-0.15, -0.1) is 0 Å². The predicted octanol–water partition coefficient (Wildman–Crippen LogP) is 2.16. The number of benzene rings is 2. The van der Waals surface area contributed by atoms with Crippen molar-refractivity contribution in [3.05, 3.63) is 54.2 Å². The van der Waals surface area contributed by atoms with Gasteiger partial charge in [-0.25, -0.2) is 0 Å². The Morgan fingerprint density at radius 2 is 1.79 bits per heavy atom. The molecule has 0 amide bonds. The fourth-order valence-electron chi connectivity index (χ4n) is 2.76. The Bertz CT molecular complexity index is 993. The zero-order chi connectivity index (χ0) is 17.5. The minimum absolute atomic E-state index is 0.423. The van der Waals surface area contributed by atoms with Crippen molar-refractivity contribution in [1.29, 1.82) is 0 Å². The molecule has 1 aromatic heterocycles. The van der Waals surface area contributed by atoms with E-state index in [4.69, 9.17) is 5.14 Å². The molecule has 3 rings (SSSR count). The van der Waals surface area contributed by atoms with Crippen LogP contribution in [0.1, 0.15) is 25.3 Å². The number of hydrogen-bond acceptors (Lipinski definition) is 2. The summed E-state index contributed by atoms with van der Waals surface area (Å²) < 4.78 is 27.9. The Morgan fingerprint density at radius 1 is 1.12 bits per heavy atom. The first-order valence-corrected chi connectivity index (χ1v) is 10.6. The van der Waals surface area contributed by atoms with Crippen molar-refractivity contribution < 1.29 is 8.42 Å². The van der Waals surface area contributed by atoms with E-state index < -0.39 is 10.2 Å². The van der Waals surface area contributed by atoms with Crippen molar-refractivity contribution in [3.8, 4) is 5.69 Å². The van der Waals surface area contributed by atoms with Crippen LogP contribution in [0.2, 0.25) is 0 Å². The van der Waals surface area contributed by atoms with E-state index in [0.29, 0.717) is 11.6 Å². The average Bonchev–Trinajstić information content (AvgIpc) is 2.85. The first-order chi connectivity index (χ1) is 11.2. The third-order valence-electron chi connectivity index (χ3n) is 3.84. The number of nitrogens with two attached hydrogens (primary N) is 1. The molecule has 3 aromatic rings. The van der Waals surface area contributed by atoms with E-state index in [2.05, 4.69) is 47.5 Å². The van der Waals surface area contributed by atoms with Gasteiger partial charge in [0.15, 0.2) is 0 Å². The van der Waals surface area contributed by atoms with Crippen LogP contribution < -0.4 is 13.1 Å². The normalized spacial score (nSPS) is 12.0. The topological polar surface area (TPSA) is 77.1 Å². The van der Waals surface area contributed by atoms with Gasteiger partial charge in [0.25, 0.3) is 0 Å². The monoisotopic (exact) mass is 537 g/mol. The van der Waals surface area contributed by atoms with Gasteiger partial charge >= 0.3 is 158 Å². The summed E-state index contributed by atoms with van der Waals surface area (Å²) in [4.78, 5) is 0. The zero-order valence-corrected chi connectivity index (χ0v) is 17.3. The fraction of sp³-hybridized carbons (Fsp3) is 0.176. The molecule has 0 fully saturated rings. The van der Waals surface area contributed by atoms with Gasteiger partial charge in [0.05, 0.1) is 0 Å². The van der Waals surface area contributed by atoms with E-state index in [1.54, 1.807) is 12.1 Å². The van der Waals surface area contributed by atoms with Gasteiger partial charge in [-0.3, -0.25) is 0 Å². The van der Waals surface area contributed by atoms with Gasteiger partial charge < -0.3 is 0 Å². The van der Waals surface area contributed by atoms with E-state index in [-0.39, 0.29) is 0 Å². The molecular weight excluding hydrogens is 519 g/mol. The Balaban J connectivity index is 2.10. The van der Waals surface area contributed by atoms with Crippen LogP contribution in [-0.2, 0) is 10.2 Å².